The number of amides is 2. The Morgan fingerprint density at radius 3 is 2.04 bits per heavy atom. The van der Waals surface area contributed by atoms with Crippen molar-refractivity contribution < 1.29 is 19.1 Å². The van der Waals surface area contributed by atoms with Crippen molar-refractivity contribution in [2.75, 3.05) is 7.05 Å². The van der Waals surface area contributed by atoms with E-state index in [1.165, 1.54) is 18.9 Å². The topological polar surface area (TPSA) is 63.7 Å². The van der Waals surface area contributed by atoms with Gasteiger partial charge in [-0.05, 0) is 11.1 Å². The number of rotatable bonds is 1. The number of hydrogen-bond donors (Lipinski definition) is 0. The van der Waals surface area contributed by atoms with Gasteiger partial charge in [-0.25, -0.2) is 0 Å². The number of carbonyl (C=O) groups is 3. The maximum atomic E-state index is 13.1. The molecule has 5 nitrogen and oxygen atoms in total. The molecular weight excluding hydrogens is 330 g/mol. The summed E-state index contributed by atoms with van der Waals surface area (Å²) in [4.78, 5) is 39.3. The lowest BCUT2D eigenvalue weighted by Gasteiger charge is -2.52. The summed E-state index contributed by atoms with van der Waals surface area (Å²) in [6.45, 7) is 1.35. The van der Waals surface area contributed by atoms with Gasteiger partial charge >= 0.3 is 5.97 Å². The van der Waals surface area contributed by atoms with Crippen LogP contribution in [0.3, 0.4) is 0 Å². The monoisotopic (exact) mass is 347 g/mol. The quantitative estimate of drug-likeness (QED) is 0.586. The summed E-state index contributed by atoms with van der Waals surface area (Å²) in [6, 6.07) is 15.4. The molecule has 2 bridgehead atoms. The SMILES string of the molecule is CC(=O)OC12c3ccccc3C(c3ccccc31)[C@H]1C(=O)N(C)C(=O)[C@H]12. The van der Waals surface area contributed by atoms with Gasteiger partial charge in [0.05, 0.1) is 11.8 Å². The van der Waals surface area contributed by atoms with E-state index >= 15 is 0 Å². The van der Waals surface area contributed by atoms with Crippen LogP contribution in [0, 0.1) is 11.8 Å². The molecule has 0 spiro atoms. The van der Waals surface area contributed by atoms with E-state index in [0.29, 0.717) is 0 Å². The lowest BCUT2D eigenvalue weighted by atomic mass is 9.52. The van der Waals surface area contributed by atoms with E-state index in [1.807, 2.05) is 48.5 Å². The lowest BCUT2D eigenvalue weighted by molar-refractivity contribution is -0.167. The summed E-state index contributed by atoms with van der Waals surface area (Å²) in [5.74, 6) is -2.43. The molecule has 1 saturated heterocycles. The normalized spacial score (nSPS) is 30.7. The molecule has 1 heterocycles. The smallest absolute Gasteiger partial charge is 0.303 e. The Hall–Kier alpha value is -2.95. The Morgan fingerprint density at radius 2 is 1.50 bits per heavy atom. The van der Waals surface area contributed by atoms with Gasteiger partial charge in [0, 0.05) is 31.0 Å². The van der Waals surface area contributed by atoms with E-state index in [4.69, 9.17) is 4.74 Å². The summed E-state index contributed by atoms with van der Waals surface area (Å²) < 4.78 is 5.96. The van der Waals surface area contributed by atoms with Crippen LogP contribution in [0.1, 0.15) is 35.1 Å². The van der Waals surface area contributed by atoms with Gasteiger partial charge < -0.3 is 4.74 Å². The van der Waals surface area contributed by atoms with Gasteiger partial charge in [-0.2, -0.15) is 0 Å². The second kappa shape index (κ2) is 4.81. The number of ether oxygens (including phenoxy) is 1. The Labute approximate surface area is 150 Å². The second-order valence-electron chi connectivity index (χ2n) is 7.22. The van der Waals surface area contributed by atoms with Gasteiger partial charge in [0.15, 0.2) is 5.60 Å². The van der Waals surface area contributed by atoms with E-state index in [2.05, 4.69) is 0 Å². The molecule has 2 atom stereocenters. The second-order valence-corrected chi connectivity index (χ2v) is 7.22. The minimum absolute atomic E-state index is 0.203. The van der Waals surface area contributed by atoms with Crippen molar-refractivity contribution in [3.8, 4) is 0 Å². The number of esters is 1. The zero-order valence-corrected chi connectivity index (χ0v) is 14.4. The lowest BCUT2D eigenvalue weighted by Crippen LogP contribution is -2.55. The van der Waals surface area contributed by atoms with Gasteiger partial charge in [0.1, 0.15) is 0 Å². The van der Waals surface area contributed by atoms with Crippen LogP contribution in [-0.4, -0.2) is 29.7 Å². The van der Waals surface area contributed by atoms with Crippen molar-refractivity contribution in [3.63, 3.8) is 0 Å². The average molecular weight is 347 g/mol. The summed E-state index contributed by atoms with van der Waals surface area (Å²) in [6.07, 6.45) is 0. The highest BCUT2D eigenvalue weighted by Gasteiger charge is 2.69. The molecule has 0 aromatic heterocycles. The van der Waals surface area contributed by atoms with Crippen LogP contribution in [0.25, 0.3) is 0 Å². The van der Waals surface area contributed by atoms with Gasteiger partial charge in [-0.3, -0.25) is 19.3 Å². The van der Waals surface area contributed by atoms with Gasteiger partial charge in [0.2, 0.25) is 11.8 Å². The molecule has 0 saturated carbocycles. The van der Waals surface area contributed by atoms with E-state index < -0.39 is 23.4 Å². The third-order valence-corrected chi connectivity index (χ3v) is 6.07. The first-order valence-corrected chi connectivity index (χ1v) is 8.68. The molecule has 6 rings (SSSR count). The number of benzene rings is 2. The number of likely N-dealkylation sites (tertiary alicyclic amines) is 1. The molecule has 0 unspecified atom stereocenters. The first-order chi connectivity index (χ1) is 12.5. The number of carbonyl (C=O) groups excluding carboxylic acids is 3. The van der Waals surface area contributed by atoms with E-state index in [1.54, 1.807) is 0 Å². The molecule has 3 aliphatic carbocycles. The van der Waals surface area contributed by atoms with Crippen LogP contribution < -0.4 is 0 Å². The standard InChI is InChI=1S/C21H17NO4/c1-11(23)26-21-14-9-5-3-7-12(14)16(13-8-4-6-10-15(13)21)17-18(21)20(25)22(2)19(17)24/h3-10,16-18H,1-2H3/t16?,17-,18+,21?/m1/s1. The molecule has 0 N–H and O–H groups in total. The molecular formula is C21H17NO4. The van der Waals surface area contributed by atoms with Crippen molar-refractivity contribution in [2.45, 2.75) is 18.4 Å². The minimum atomic E-state index is -1.25. The fraction of sp³-hybridized carbons (Fsp3) is 0.286. The van der Waals surface area contributed by atoms with E-state index in [9.17, 15) is 14.4 Å². The summed E-state index contributed by atoms with van der Waals surface area (Å²) in [5.41, 5.74) is 2.30. The fourth-order valence-corrected chi connectivity index (χ4v) is 5.25. The molecule has 2 aromatic rings. The molecule has 5 heteroatoms. The third kappa shape index (κ3) is 1.54. The largest absolute Gasteiger partial charge is 0.448 e. The maximum absolute atomic E-state index is 13.1. The number of hydrogen-bond acceptors (Lipinski definition) is 4. The van der Waals surface area contributed by atoms with Crippen LogP contribution in [0.5, 0.6) is 0 Å². The van der Waals surface area contributed by atoms with E-state index in [-0.39, 0.29) is 17.7 Å². The molecule has 2 aromatic carbocycles. The van der Waals surface area contributed by atoms with Crippen molar-refractivity contribution in [1.82, 2.24) is 4.90 Å². The first-order valence-electron chi connectivity index (χ1n) is 8.68. The number of imide groups is 1. The zero-order chi connectivity index (χ0) is 18.2. The van der Waals surface area contributed by atoms with Crippen LogP contribution >= 0.6 is 0 Å². The maximum Gasteiger partial charge on any atom is 0.303 e. The molecule has 0 radical (unpaired) electrons. The number of nitrogens with zero attached hydrogens (tertiary/aromatic N) is 1. The molecule has 2 amide bonds. The molecule has 4 aliphatic rings. The van der Waals surface area contributed by atoms with Crippen LogP contribution in [0.4, 0.5) is 0 Å². The summed E-state index contributed by atoms with van der Waals surface area (Å²) in [5, 5.41) is 0. The molecule has 1 aliphatic heterocycles. The third-order valence-electron chi connectivity index (χ3n) is 6.07. The van der Waals surface area contributed by atoms with Crippen molar-refractivity contribution in [3.05, 3.63) is 70.8 Å². The fourth-order valence-electron chi connectivity index (χ4n) is 5.25. The Kier molecular flexibility index (Phi) is 2.84. The van der Waals surface area contributed by atoms with Crippen LogP contribution in [0.2, 0.25) is 0 Å². The summed E-state index contributed by atoms with van der Waals surface area (Å²) in [7, 11) is 1.51. The first kappa shape index (κ1) is 15.3. The highest BCUT2D eigenvalue weighted by molar-refractivity contribution is 6.08. The Bertz CT molecular complexity index is 948. The van der Waals surface area contributed by atoms with Crippen molar-refractivity contribution in [2.24, 2.45) is 11.8 Å². The van der Waals surface area contributed by atoms with Crippen molar-refractivity contribution in [1.29, 1.82) is 0 Å². The minimum Gasteiger partial charge on any atom is -0.448 e. The van der Waals surface area contributed by atoms with Gasteiger partial charge in [-0.1, -0.05) is 48.5 Å². The predicted octanol–water partition coefficient (Wildman–Crippen LogP) is 2.18. The molecule has 26 heavy (non-hydrogen) atoms. The average Bonchev–Trinajstić information content (AvgIpc) is 2.87. The van der Waals surface area contributed by atoms with Crippen LogP contribution in [-0.2, 0) is 24.7 Å². The van der Waals surface area contributed by atoms with Crippen molar-refractivity contribution >= 4 is 17.8 Å². The molecule has 1 fully saturated rings. The van der Waals surface area contributed by atoms with Gasteiger partial charge in [0.25, 0.3) is 0 Å². The highest BCUT2D eigenvalue weighted by atomic mass is 16.6. The van der Waals surface area contributed by atoms with Gasteiger partial charge in [-0.15, -0.1) is 0 Å². The Morgan fingerprint density at radius 1 is 0.962 bits per heavy atom. The molecule has 130 valence electrons. The van der Waals surface area contributed by atoms with Crippen LogP contribution in [0.15, 0.2) is 48.5 Å². The predicted molar refractivity (Wildman–Crippen MR) is 92.0 cm³/mol. The van der Waals surface area contributed by atoms with E-state index in [0.717, 1.165) is 22.3 Å². The highest BCUT2D eigenvalue weighted by Crippen LogP contribution is 2.64. The zero-order valence-electron chi connectivity index (χ0n) is 14.4. The summed E-state index contributed by atoms with van der Waals surface area (Å²) >= 11 is 0. The Balaban J connectivity index is 1.93.